The average Bonchev–Trinajstić information content (AvgIpc) is 3.45. The summed E-state index contributed by atoms with van der Waals surface area (Å²) in [4.78, 5) is 35.5. The molecule has 4 heterocycles. The number of pyridine rings is 2. The second kappa shape index (κ2) is 11.2. The highest BCUT2D eigenvalue weighted by molar-refractivity contribution is 5.87. The second-order valence-corrected chi connectivity index (χ2v) is 10.7. The number of aryl methyl sites for hydroxylation is 2. The van der Waals surface area contributed by atoms with Crippen LogP contribution < -0.4 is 10.2 Å². The van der Waals surface area contributed by atoms with Crippen molar-refractivity contribution in [2.45, 2.75) is 45.3 Å². The molecule has 0 aromatic carbocycles. The minimum atomic E-state index is -0.961. The fourth-order valence-electron chi connectivity index (χ4n) is 4.54. The third kappa shape index (κ3) is 6.82. The summed E-state index contributed by atoms with van der Waals surface area (Å²) in [6.07, 6.45) is 5.80. The number of ether oxygens (including phenoxy) is 2. The molecule has 1 N–H and O–H groups in total. The lowest BCUT2D eigenvalue weighted by molar-refractivity contribution is -0.0365. The Labute approximate surface area is 232 Å². The molecule has 4 aromatic rings. The summed E-state index contributed by atoms with van der Waals surface area (Å²) in [5.74, 6) is 1.02. The maximum Gasteiger partial charge on any atom is 0.415 e. The predicted octanol–water partition coefficient (Wildman–Crippen LogP) is 5.05. The van der Waals surface area contributed by atoms with Gasteiger partial charge >= 0.3 is 12.2 Å². The molecular weight excluding hydrogens is 512 g/mol. The molecule has 4 rings (SSSR count). The van der Waals surface area contributed by atoms with E-state index in [0.717, 1.165) is 11.1 Å². The number of carbonyl (C=O) groups excluding carboxylic acids is 2. The minimum Gasteiger partial charge on any atom is -0.443 e. The summed E-state index contributed by atoms with van der Waals surface area (Å²) in [6, 6.07) is 11.0. The highest BCUT2D eigenvalue weighted by Gasteiger charge is 2.36. The first-order valence-electron chi connectivity index (χ1n) is 12.7. The van der Waals surface area contributed by atoms with E-state index in [-0.39, 0.29) is 6.42 Å². The van der Waals surface area contributed by atoms with Gasteiger partial charge in [-0.15, -0.1) is 0 Å². The number of anilines is 2. The van der Waals surface area contributed by atoms with Crippen LogP contribution in [0.3, 0.4) is 0 Å². The topological polar surface area (TPSA) is 129 Å². The van der Waals surface area contributed by atoms with Crippen molar-refractivity contribution in [3.63, 3.8) is 0 Å². The smallest absolute Gasteiger partial charge is 0.415 e. The molecule has 0 spiro atoms. The van der Waals surface area contributed by atoms with Gasteiger partial charge in [0.05, 0.1) is 11.4 Å². The monoisotopic (exact) mass is 546 g/mol. The van der Waals surface area contributed by atoms with Crippen molar-refractivity contribution in [2.24, 2.45) is 14.1 Å². The molecule has 0 atom stereocenters. The molecule has 0 bridgehead atoms. The Hall–Kier alpha value is -4.74. The molecule has 12 nitrogen and oxygen atoms in total. The van der Waals surface area contributed by atoms with Gasteiger partial charge in [0, 0.05) is 75.6 Å². The molecule has 2 amide bonds. The first-order valence-corrected chi connectivity index (χ1v) is 12.7. The van der Waals surface area contributed by atoms with Gasteiger partial charge in [-0.3, -0.25) is 29.5 Å². The molecule has 0 aliphatic heterocycles. The second-order valence-electron chi connectivity index (χ2n) is 10.7. The van der Waals surface area contributed by atoms with Crippen LogP contribution in [0.2, 0.25) is 0 Å². The molecule has 0 fully saturated rings. The molecule has 4 aromatic heterocycles. The fraction of sp³-hybridized carbons (Fsp3) is 0.357. The summed E-state index contributed by atoms with van der Waals surface area (Å²) in [6.45, 7) is 7.07. The average molecular weight is 547 g/mol. The van der Waals surface area contributed by atoms with Crippen LogP contribution >= 0.6 is 0 Å². The van der Waals surface area contributed by atoms with E-state index in [0.29, 0.717) is 23.0 Å². The third-order valence-corrected chi connectivity index (χ3v) is 6.08. The SMILES string of the molecule is CN(C(=O)OC(C)(C)CC(C)(C)OC(=O)Nc1cc(-c2cccnc2)nn1C)c1cc(-c2cccnc2)nn1C. The van der Waals surface area contributed by atoms with E-state index in [9.17, 15) is 9.59 Å². The van der Waals surface area contributed by atoms with Crippen LogP contribution in [0.25, 0.3) is 22.5 Å². The molecule has 0 aliphatic rings. The van der Waals surface area contributed by atoms with E-state index in [1.807, 2.05) is 24.3 Å². The molecule has 0 saturated heterocycles. The van der Waals surface area contributed by atoms with Gasteiger partial charge in [-0.25, -0.2) is 9.59 Å². The minimum absolute atomic E-state index is 0.242. The van der Waals surface area contributed by atoms with Gasteiger partial charge in [0.25, 0.3) is 0 Å². The van der Waals surface area contributed by atoms with Crippen molar-refractivity contribution in [2.75, 3.05) is 17.3 Å². The van der Waals surface area contributed by atoms with Crippen molar-refractivity contribution in [3.05, 3.63) is 61.2 Å². The molecule has 0 aliphatic carbocycles. The summed E-state index contributed by atoms with van der Waals surface area (Å²) in [5, 5.41) is 11.6. The van der Waals surface area contributed by atoms with E-state index in [1.54, 1.807) is 95.1 Å². The standard InChI is InChI=1S/C28H34N8O4/c1-27(2,39-25(37)31-23-14-21(32-35(23)6)19-10-8-12-29-16-19)18-28(3,4)40-26(38)34(5)24-15-22(33-36(24)7)20-11-9-13-30-17-20/h8-17H,18H2,1-7H3,(H,31,37). The van der Waals surface area contributed by atoms with E-state index >= 15 is 0 Å². The Morgan fingerprint density at radius 1 is 0.875 bits per heavy atom. The van der Waals surface area contributed by atoms with Crippen LogP contribution in [0.1, 0.15) is 34.1 Å². The van der Waals surface area contributed by atoms with Crippen LogP contribution in [0.5, 0.6) is 0 Å². The summed E-state index contributed by atoms with van der Waals surface area (Å²) in [5.41, 5.74) is 1.10. The zero-order chi connectivity index (χ0) is 29.1. The molecule has 0 unspecified atom stereocenters. The van der Waals surface area contributed by atoms with Gasteiger partial charge in [-0.1, -0.05) is 0 Å². The Morgan fingerprint density at radius 3 is 2.00 bits per heavy atom. The molecular formula is C28H34N8O4. The maximum atomic E-state index is 13.1. The lowest BCUT2D eigenvalue weighted by Crippen LogP contribution is -2.43. The number of carbonyl (C=O) groups is 2. The van der Waals surface area contributed by atoms with Crippen molar-refractivity contribution < 1.29 is 19.1 Å². The summed E-state index contributed by atoms with van der Waals surface area (Å²) in [7, 11) is 5.09. The largest absolute Gasteiger partial charge is 0.443 e. The first-order chi connectivity index (χ1) is 18.8. The predicted molar refractivity (Wildman–Crippen MR) is 151 cm³/mol. The number of aromatic nitrogens is 6. The van der Waals surface area contributed by atoms with Gasteiger partial charge in [-0.05, 0) is 52.0 Å². The van der Waals surface area contributed by atoms with Crippen molar-refractivity contribution in [1.82, 2.24) is 29.5 Å². The number of amides is 2. The summed E-state index contributed by atoms with van der Waals surface area (Å²) >= 11 is 0. The number of hydrogen-bond acceptors (Lipinski definition) is 8. The number of nitrogens with zero attached hydrogens (tertiary/aromatic N) is 7. The van der Waals surface area contributed by atoms with Crippen LogP contribution in [0.4, 0.5) is 21.2 Å². The van der Waals surface area contributed by atoms with Crippen molar-refractivity contribution in [1.29, 1.82) is 0 Å². The first kappa shape index (κ1) is 28.3. The molecule has 210 valence electrons. The molecule has 12 heteroatoms. The molecule has 0 radical (unpaired) electrons. The van der Waals surface area contributed by atoms with Crippen LogP contribution in [-0.4, -0.2) is 60.0 Å². The third-order valence-electron chi connectivity index (χ3n) is 6.08. The normalized spacial score (nSPS) is 11.7. The van der Waals surface area contributed by atoms with Gasteiger partial charge in [0.1, 0.15) is 22.8 Å². The Balaban J connectivity index is 1.36. The zero-order valence-corrected chi connectivity index (χ0v) is 23.7. The fourth-order valence-corrected chi connectivity index (χ4v) is 4.54. The number of hydrogen-bond donors (Lipinski definition) is 1. The van der Waals surface area contributed by atoms with Crippen molar-refractivity contribution in [3.8, 4) is 22.5 Å². The van der Waals surface area contributed by atoms with E-state index in [2.05, 4.69) is 25.5 Å². The lowest BCUT2D eigenvalue weighted by Gasteiger charge is -2.35. The Kier molecular flexibility index (Phi) is 7.89. The quantitative estimate of drug-likeness (QED) is 0.325. The maximum absolute atomic E-state index is 13.1. The van der Waals surface area contributed by atoms with Gasteiger partial charge < -0.3 is 9.47 Å². The van der Waals surface area contributed by atoms with Crippen LogP contribution in [-0.2, 0) is 23.6 Å². The molecule has 40 heavy (non-hydrogen) atoms. The van der Waals surface area contributed by atoms with Gasteiger partial charge in [0.2, 0.25) is 0 Å². The highest BCUT2D eigenvalue weighted by Crippen LogP contribution is 2.29. The zero-order valence-electron chi connectivity index (χ0n) is 23.7. The van der Waals surface area contributed by atoms with Gasteiger partial charge in [-0.2, -0.15) is 10.2 Å². The number of nitrogens with one attached hydrogen (secondary N) is 1. The Morgan fingerprint density at radius 2 is 1.43 bits per heavy atom. The van der Waals surface area contributed by atoms with Crippen LogP contribution in [0, 0.1) is 0 Å². The van der Waals surface area contributed by atoms with E-state index < -0.39 is 23.4 Å². The van der Waals surface area contributed by atoms with E-state index in [4.69, 9.17) is 9.47 Å². The van der Waals surface area contributed by atoms with Crippen LogP contribution in [0.15, 0.2) is 61.2 Å². The molecule has 0 saturated carbocycles. The van der Waals surface area contributed by atoms with Crippen molar-refractivity contribution >= 4 is 23.8 Å². The number of rotatable bonds is 8. The highest BCUT2D eigenvalue weighted by atomic mass is 16.6. The lowest BCUT2D eigenvalue weighted by atomic mass is 9.92. The Bertz CT molecular complexity index is 1480. The summed E-state index contributed by atoms with van der Waals surface area (Å²) < 4.78 is 14.7. The van der Waals surface area contributed by atoms with E-state index in [1.165, 1.54) is 4.90 Å². The van der Waals surface area contributed by atoms with Gasteiger partial charge in [0.15, 0.2) is 0 Å².